The molecule has 0 aliphatic heterocycles. The first-order valence-electron chi connectivity index (χ1n) is 3.79. The molecule has 0 aliphatic rings. The van der Waals surface area contributed by atoms with Crippen molar-refractivity contribution in [3.05, 3.63) is 0 Å². The average molecular weight is 194 g/mol. The van der Waals surface area contributed by atoms with Crippen molar-refractivity contribution in [2.45, 2.75) is 20.3 Å². The van der Waals surface area contributed by atoms with Crippen LogP contribution < -0.4 is 0 Å². The van der Waals surface area contributed by atoms with Crippen LogP contribution in [-0.2, 0) is 14.6 Å². The van der Waals surface area contributed by atoms with E-state index in [1.807, 2.05) is 6.92 Å². The van der Waals surface area contributed by atoms with Crippen molar-refractivity contribution in [1.82, 2.24) is 0 Å². The molecule has 0 heterocycles. The largest absolute Gasteiger partial charge is 0.480 e. The summed E-state index contributed by atoms with van der Waals surface area (Å²) in [5, 5.41) is 8.26. The molecule has 4 nitrogen and oxygen atoms in total. The molecule has 0 rings (SSSR count). The molecule has 1 N–H and O–H groups in total. The Labute approximate surface area is 72.5 Å². The van der Waals surface area contributed by atoms with Gasteiger partial charge in [0.2, 0.25) is 0 Å². The zero-order chi connectivity index (χ0) is 9.78. The van der Waals surface area contributed by atoms with Crippen LogP contribution in [0.15, 0.2) is 0 Å². The van der Waals surface area contributed by atoms with Gasteiger partial charge < -0.3 is 5.11 Å². The van der Waals surface area contributed by atoms with E-state index in [9.17, 15) is 13.2 Å². The number of carboxylic acids is 1. The van der Waals surface area contributed by atoms with Crippen LogP contribution in [0.3, 0.4) is 0 Å². The number of hydrogen-bond acceptors (Lipinski definition) is 3. The van der Waals surface area contributed by atoms with Gasteiger partial charge in [0.1, 0.15) is 5.75 Å². The first-order valence-corrected chi connectivity index (χ1v) is 5.61. The summed E-state index contributed by atoms with van der Waals surface area (Å²) in [5.41, 5.74) is 0. The lowest BCUT2D eigenvalue weighted by Crippen LogP contribution is -2.21. The van der Waals surface area contributed by atoms with Gasteiger partial charge in [0.15, 0.2) is 9.84 Å². The van der Waals surface area contributed by atoms with Crippen molar-refractivity contribution in [2.24, 2.45) is 5.92 Å². The third kappa shape index (κ3) is 5.12. The van der Waals surface area contributed by atoms with Crippen molar-refractivity contribution in [1.29, 1.82) is 0 Å². The van der Waals surface area contributed by atoms with E-state index in [4.69, 9.17) is 5.11 Å². The van der Waals surface area contributed by atoms with Crippen molar-refractivity contribution in [3.8, 4) is 0 Å². The van der Waals surface area contributed by atoms with Crippen LogP contribution in [0.5, 0.6) is 0 Å². The molecule has 0 fully saturated rings. The third-order valence-electron chi connectivity index (χ3n) is 1.58. The molecule has 12 heavy (non-hydrogen) atoms. The number of hydrogen-bond donors (Lipinski definition) is 1. The Morgan fingerprint density at radius 3 is 2.33 bits per heavy atom. The molecule has 1 atom stereocenters. The van der Waals surface area contributed by atoms with Crippen LogP contribution in [0, 0.1) is 5.92 Å². The highest BCUT2D eigenvalue weighted by molar-refractivity contribution is 7.92. The highest BCUT2D eigenvalue weighted by Gasteiger charge is 2.18. The SMILES string of the molecule is CCC(C)CS(=O)(=O)CC(=O)O. The second-order valence-corrected chi connectivity index (χ2v) is 5.07. The zero-order valence-electron chi connectivity index (χ0n) is 7.28. The van der Waals surface area contributed by atoms with Crippen LogP contribution in [0.4, 0.5) is 0 Å². The quantitative estimate of drug-likeness (QED) is 0.693. The Kier molecular flexibility index (Phi) is 4.23. The van der Waals surface area contributed by atoms with Crippen LogP contribution in [0.1, 0.15) is 20.3 Å². The molecule has 0 aliphatic carbocycles. The molecule has 0 aromatic carbocycles. The molecule has 0 spiro atoms. The summed E-state index contributed by atoms with van der Waals surface area (Å²) >= 11 is 0. The van der Waals surface area contributed by atoms with Crippen LogP contribution >= 0.6 is 0 Å². The van der Waals surface area contributed by atoms with E-state index in [1.165, 1.54) is 0 Å². The monoisotopic (exact) mass is 194 g/mol. The van der Waals surface area contributed by atoms with Gasteiger partial charge in [-0.2, -0.15) is 0 Å². The summed E-state index contributed by atoms with van der Waals surface area (Å²) in [4.78, 5) is 10.1. The minimum absolute atomic E-state index is 0.0319. The summed E-state index contributed by atoms with van der Waals surface area (Å²) in [6.07, 6.45) is 0.749. The Hall–Kier alpha value is -0.580. The van der Waals surface area contributed by atoms with Gasteiger partial charge in [-0.3, -0.25) is 4.79 Å². The van der Waals surface area contributed by atoms with E-state index in [0.717, 1.165) is 6.42 Å². The first kappa shape index (κ1) is 11.4. The molecule has 0 radical (unpaired) electrons. The summed E-state index contributed by atoms with van der Waals surface area (Å²) in [7, 11) is -3.39. The van der Waals surface area contributed by atoms with E-state index in [2.05, 4.69) is 0 Å². The van der Waals surface area contributed by atoms with Gasteiger partial charge in [-0.15, -0.1) is 0 Å². The van der Waals surface area contributed by atoms with Crippen LogP contribution in [0.2, 0.25) is 0 Å². The lowest BCUT2D eigenvalue weighted by molar-refractivity contribution is -0.134. The van der Waals surface area contributed by atoms with Crippen molar-refractivity contribution in [2.75, 3.05) is 11.5 Å². The van der Waals surface area contributed by atoms with E-state index < -0.39 is 21.6 Å². The third-order valence-corrected chi connectivity index (χ3v) is 3.34. The topological polar surface area (TPSA) is 71.4 Å². The number of sulfone groups is 1. The molecule has 0 saturated carbocycles. The smallest absolute Gasteiger partial charge is 0.318 e. The highest BCUT2D eigenvalue weighted by atomic mass is 32.2. The molecule has 72 valence electrons. The first-order chi connectivity index (χ1) is 5.37. The molecule has 5 heteroatoms. The van der Waals surface area contributed by atoms with Gasteiger partial charge in [0.25, 0.3) is 0 Å². The van der Waals surface area contributed by atoms with Gasteiger partial charge >= 0.3 is 5.97 Å². The Bertz CT molecular complexity index is 242. The maximum Gasteiger partial charge on any atom is 0.318 e. The van der Waals surface area contributed by atoms with Gasteiger partial charge in [-0.05, 0) is 5.92 Å². The molecular weight excluding hydrogens is 180 g/mol. The Morgan fingerprint density at radius 1 is 1.50 bits per heavy atom. The second-order valence-electron chi connectivity index (χ2n) is 2.96. The molecule has 0 aromatic rings. The fraction of sp³-hybridized carbons (Fsp3) is 0.857. The number of carboxylic acid groups (broad SMARTS) is 1. The number of carbonyl (C=O) groups is 1. The van der Waals surface area contributed by atoms with E-state index in [1.54, 1.807) is 6.92 Å². The summed E-state index contributed by atoms with van der Waals surface area (Å²) in [5.74, 6) is -2.03. The summed E-state index contributed by atoms with van der Waals surface area (Å²) in [6, 6.07) is 0. The molecular formula is C7H14O4S. The maximum atomic E-state index is 11.0. The zero-order valence-corrected chi connectivity index (χ0v) is 8.10. The number of rotatable bonds is 5. The van der Waals surface area contributed by atoms with E-state index in [0.29, 0.717) is 0 Å². The van der Waals surface area contributed by atoms with Crippen molar-refractivity contribution >= 4 is 15.8 Å². The standard InChI is InChI=1S/C7H14O4S/c1-3-6(2)4-12(10,11)5-7(8)9/h6H,3-5H2,1-2H3,(H,8,9). The van der Waals surface area contributed by atoms with Crippen molar-refractivity contribution in [3.63, 3.8) is 0 Å². The van der Waals surface area contributed by atoms with Crippen LogP contribution in [-0.4, -0.2) is 31.0 Å². The highest BCUT2D eigenvalue weighted by Crippen LogP contribution is 2.05. The Morgan fingerprint density at radius 2 is 2.00 bits per heavy atom. The average Bonchev–Trinajstić information content (AvgIpc) is 1.83. The van der Waals surface area contributed by atoms with Crippen molar-refractivity contribution < 1.29 is 18.3 Å². The minimum Gasteiger partial charge on any atom is -0.480 e. The Balaban J connectivity index is 4.15. The maximum absolute atomic E-state index is 11.0. The lowest BCUT2D eigenvalue weighted by Gasteiger charge is -2.06. The minimum atomic E-state index is -3.39. The molecule has 0 saturated heterocycles. The van der Waals surface area contributed by atoms with Gasteiger partial charge in [0.05, 0.1) is 5.75 Å². The van der Waals surface area contributed by atoms with E-state index in [-0.39, 0.29) is 11.7 Å². The number of aliphatic carboxylic acids is 1. The molecule has 0 bridgehead atoms. The predicted octanol–water partition coefficient (Wildman–Crippen LogP) is 0.532. The summed E-state index contributed by atoms with van der Waals surface area (Å²) in [6.45, 7) is 3.67. The van der Waals surface area contributed by atoms with Gasteiger partial charge in [0, 0.05) is 0 Å². The van der Waals surface area contributed by atoms with E-state index >= 15 is 0 Å². The van der Waals surface area contributed by atoms with Gasteiger partial charge in [-0.25, -0.2) is 8.42 Å². The normalized spacial score (nSPS) is 14.2. The lowest BCUT2D eigenvalue weighted by atomic mass is 10.2. The van der Waals surface area contributed by atoms with Gasteiger partial charge in [-0.1, -0.05) is 20.3 Å². The molecule has 0 amide bonds. The molecule has 1 unspecified atom stereocenters. The second kappa shape index (κ2) is 4.45. The summed E-state index contributed by atoms with van der Waals surface area (Å²) < 4.78 is 22.1. The molecule has 0 aromatic heterocycles. The van der Waals surface area contributed by atoms with Crippen LogP contribution in [0.25, 0.3) is 0 Å². The predicted molar refractivity (Wildman–Crippen MR) is 45.7 cm³/mol. The fourth-order valence-corrected chi connectivity index (χ4v) is 2.40. The fourth-order valence-electron chi connectivity index (χ4n) is 0.798.